The standard InChI is InChI=1S/C21H36N4O7SSi/c1-9-10-22-18-21(32-33(6,28)29)14(11-23-18)30-17(15(21)31-34(7,8)20(3,4)5)25-12-13(2)16(26)24-19(25)27/h12,14-15,17H,9-11H2,1-8H3,(H,22,23)(H,24,26,27)/t14-,15+,17-,21-/m1/s1. The van der Waals surface area contributed by atoms with Crippen molar-refractivity contribution in [2.24, 2.45) is 4.99 Å². The highest BCUT2D eigenvalue weighted by atomic mass is 32.2. The average Bonchev–Trinajstić information content (AvgIpc) is 3.14. The topological polar surface area (TPSA) is 141 Å². The fourth-order valence-corrected chi connectivity index (χ4v) is 6.02. The zero-order chi connectivity index (χ0) is 25.7. The first kappa shape index (κ1) is 26.8. The van der Waals surface area contributed by atoms with Gasteiger partial charge in [0, 0.05) is 18.3 Å². The van der Waals surface area contributed by atoms with E-state index in [1.807, 2.05) is 20.0 Å². The molecule has 13 heteroatoms. The molecule has 0 saturated carbocycles. The maximum Gasteiger partial charge on any atom is 0.330 e. The summed E-state index contributed by atoms with van der Waals surface area (Å²) in [5.74, 6) is 0.324. The van der Waals surface area contributed by atoms with E-state index in [1.54, 1.807) is 6.92 Å². The third kappa shape index (κ3) is 4.80. The van der Waals surface area contributed by atoms with Crippen LogP contribution in [0, 0.1) is 6.92 Å². The van der Waals surface area contributed by atoms with Gasteiger partial charge in [-0.25, -0.2) is 8.98 Å². The Morgan fingerprint density at radius 3 is 2.56 bits per heavy atom. The summed E-state index contributed by atoms with van der Waals surface area (Å²) < 4.78 is 45.2. The highest BCUT2D eigenvalue weighted by Gasteiger charge is 2.67. The van der Waals surface area contributed by atoms with Crippen LogP contribution in [0.25, 0.3) is 0 Å². The third-order valence-corrected chi connectivity index (χ3v) is 11.8. The van der Waals surface area contributed by atoms with Crippen molar-refractivity contribution >= 4 is 24.3 Å². The number of nitrogens with zero attached hydrogens (tertiary/aromatic N) is 2. The van der Waals surface area contributed by atoms with Gasteiger partial charge in [-0.05, 0) is 31.5 Å². The number of fused-ring (bicyclic) bond motifs is 1. The van der Waals surface area contributed by atoms with E-state index in [0.29, 0.717) is 17.9 Å². The minimum absolute atomic E-state index is 0.131. The molecule has 34 heavy (non-hydrogen) atoms. The van der Waals surface area contributed by atoms with Crippen molar-refractivity contribution < 1.29 is 21.8 Å². The van der Waals surface area contributed by atoms with E-state index in [-0.39, 0.29) is 11.6 Å². The smallest absolute Gasteiger partial charge is 0.330 e. The quantitative estimate of drug-likeness (QED) is 0.408. The zero-order valence-electron chi connectivity index (χ0n) is 21.1. The van der Waals surface area contributed by atoms with Crippen LogP contribution in [0.15, 0.2) is 20.8 Å². The van der Waals surface area contributed by atoms with Gasteiger partial charge >= 0.3 is 5.69 Å². The Bertz CT molecular complexity index is 1180. The number of H-pyrrole nitrogens is 1. The second-order valence-corrected chi connectivity index (χ2v) is 16.8. The van der Waals surface area contributed by atoms with Crippen LogP contribution in [0.1, 0.15) is 45.9 Å². The lowest BCUT2D eigenvalue weighted by Crippen LogP contribution is -2.62. The molecule has 192 valence electrons. The largest absolute Gasteiger partial charge is 0.406 e. The molecule has 0 aliphatic carbocycles. The Balaban J connectivity index is 2.25. The molecule has 1 fully saturated rings. The van der Waals surface area contributed by atoms with E-state index < -0.39 is 53.7 Å². The molecule has 0 unspecified atom stereocenters. The predicted molar refractivity (Wildman–Crippen MR) is 131 cm³/mol. The number of ether oxygens (including phenoxy) is 1. The van der Waals surface area contributed by atoms with Crippen LogP contribution in [0.4, 0.5) is 0 Å². The summed E-state index contributed by atoms with van der Waals surface area (Å²) in [7, 11) is -6.55. The van der Waals surface area contributed by atoms with Gasteiger partial charge in [-0.1, -0.05) is 27.7 Å². The molecule has 0 radical (unpaired) electrons. The van der Waals surface area contributed by atoms with E-state index in [2.05, 4.69) is 36.1 Å². The van der Waals surface area contributed by atoms with Crippen molar-refractivity contribution in [1.82, 2.24) is 14.9 Å². The van der Waals surface area contributed by atoms with E-state index in [0.717, 1.165) is 12.7 Å². The molecule has 0 aromatic carbocycles. The summed E-state index contributed by atoms with van der Waals surface area (Å²) in [6.07, 6.45) is 0.260. The average molecular weight is 517 g/mol. The monoisotopic (exact) mass is 516 g/mol. The molecule has 11 nitrogen and oxygen atoms in total. The van der Waals surface area contributed by atoms with Gasteiger partial charge in [0.25, 0.3) is 15.7 Å². The molecule has 0 spiro atoms. The predicted octanol–water partition coefficient (Wildman–Crippen LogP) is 1.26. The molecule has 2 aliphatic heterocycles. The Hall–Kier alpha value is -1.80. The lowest BCUT2D eigenvalue weighted by atomic mass is 9.92. The molecule has 3 rings (SSSR count). The first-order valence-corrected chi connectivity index (χ1v) is 16.1. The second-order valence-electron chi connectivity index (χ2n) is 10.5. The summed E-state index contributed by atoms with van der Waals surface area (Å²) in [5, 5.41) is 2.96. The number of hydrogen-bond acceptors (Lipinski definition) is 9. The number of rotatable bonds is 7. The van der Waals surface area contributed by atoms with Crippen molar-refractivity contribution in [3.05, 3.63) is 32.6 Å². The van der Waals surface area contributed by atoms with Crippen molar-refractivity contribution in [2.75, 3.05) is 19.3 Å². The van der Waals surface area contributed by atoms with E-state index in [4.69, 9.17) is 13.3 Å². The van der Waals surface area contributed by atoms with Crippen molar-refractivity contribution in [3.8, 4) is 0 Å². The molecule has 4 atom stereocenters. The van der Waals surface area contributed by atoms with Gasteiger partial charge in [0.05, 0.1) is 12.8 Å². The Kier molecular flexibility index (Phi) is 7.10. The van der Waals surface area contributed by atoms with Gasteiger partial charge in [0.1, 0.15) is 18.0 Å². The molecule has 3 heterocycles. The maximum absolute atomic E-state index is 12.8. The summed E-state index contributed by atoms with van der Waals surface area (Å²) in [5.41, 5.74) is -2.48. The summed E-state index contributed by atoms with van der Waals surface area (Å²) >= 11 is 0. The van der Waals surface area contributed by atoms with Crippen LogP contribution >= 0.6 is 0 Å². The van der Waals surface area contributed by atoms with E-state index >= 15 is 0 Å². The van der Waals surface area contributed by atoms with Gasteiger partial charge in [-0.2, -0.15) is 8.42 Å². The molecule has 2 N–H and O–H groups in total. The second kappa shape index (κ2) is 9.01. The van der Waals surface area contributed by atoms with E-state index in [1.165, 1.54) is 10.8 Å². The lowest BCUT2D eigenvalue weighted by Gasteiger charge is -2.43. The Labute approximate surface area is 201 Å². The van der Waals surface area contributed by atoms with Crippen molar-refractivity contribution in [3.63, 3.8) is 0 Å². The molecule has 0 bridgehead atoms. The molecule has 1 aromatic rings. The summed E-state index contributed by atoms with van der Waals surface area (Å²) in [4.78, 5) is 31.6. The van der Waals surface area contributed by atoms with Gasteiger partial charge in [0.2, 0.25) is 5.60 Å². The number of aromatic nitrogens is 2. The third-order valence-electron chi connectivity index (χ3n) is 6.73. The maximum atomic E-state index is 12.8. The normalized spacial score (nSPS) is 27.5. The lowest BCUT2D eigenvalue weighted by molar-refractivity contribution is -0.0336. The minimum atomic E-state index is -3.99. The fourth-order valence-electron chi connectivity index (χ4n) is 3.95. The summed E-state index contributed by atoms with van der Waals surface area (Å²) in [6.45, 7) is 14.4. The molecule has 0 amide bonds. The number of aliphatic imine (C=N–C) groups is 1. The van der Waals surface area contributed by atoms with Crippen LogP contribution in [-0.4, -0.2) is 69.3 Å². The van der Waals surface area contributed by atoms with E-state index in [9.17, 15) is 18.0 Å². The van der Waals surface area contributed by atoms with Crippen molar-refractivity contribution in [1.29, 1.82) is 0 Å². The number of aromatic amines is 1. The van der Waals surface area contributed by atoms with Crippen LogP contribution < -0.4 is 16.6 Å². The van der Waals surface area contributed by atoms with Crippen LogP contribution in [-0.2, 0) is 23.5 Å². The highest BCUT2D eigenvalue weighted by molar-refractivity contribution is 7.86. The van der Waals surface area contributed by atoms with Gasteiger partial charge < -0.3 is 14.5 Å². The minimum Gasteiger partial charge on any atom is -0.406 e. The Morgan fingerprint density at radius 2 is 2.00 bits per heavy atom. The zero-order valence-corrected chi connectivity index (χ0v) is 22.9. The van der Waals surface area contributed by atoms with Gasteiger partial charge in [0.15, 0.2) is 14.5 Å². The molecule has 1 saturated heterocycles. The number of aryl methyl sites for hydroxylation is 1. The SMILES string of the molecule is CCCNC1=NC[C@H]2O[C@@H](n3cc(C)c(=O)[nH]c3=O)[C@H](O[Si](C)(C)C(C)(C)C)[C@@]12OS(C)(=O)=O. The van der Waals surface area contributed by atoms with Crippen molar-refractivity contribution in [2.45, 2.75) is 83.2 Å². The number of nitrogens with one attached hydrogen (secondary N) is 2. The number of amidine groups is 1. The fraction of sp³-hybridized carbons (Fsp3) is 0.762. The molecule has 2 aliphatic rings. The molecular formula is C21H36N4O7SSi. The molecular weight excluding hydrogens is 480 g/mol. The summed E-state index contributed by atoms with van der Waals surface area (Å²) in [6, 6.07) is 0. The first-order valence-electron chi connectivity index (χ1n) is 11.4. The van der Waals surface area contributed by atoms with Gasteiger partial charge in [-0.15, -0.1) is 0 Å². The highest BCUT2D eigenvalue weighted by Crippen LogP contribution is 2.49. The van der Waals surface area contributed by atoms with Crippen LogP contribution in [0.3, 0.4) is 0 Å². The van der Waals surface area contributed by atoms with Gasteiger partial charge in [-0.3, -0.25) is 19.3 Å². The number of hydrogen-bond donors (Lipinski definition) is 2. The van der Waals surface area contributed by atoms with Crippen LogP contribution in [0.5, 0.6) is 0 Å². The Morgan fingerprint density at radius 1 is 1.35 bits per heavy atom. The first-order chi connectivity index (χ1) is 15.5. The molecule has 1 aromatic heterocycles. The van der Waals surface area contributed by atoms with Crippen LogP contribution in [0.2, 0.25) is 18.1 Å².